The van der Waals surface area contributed by atoms with E-state index in [0.717, 1.165) is 41.0 Å². The Bertz CT molecular complexity index is 410. The highest BCUT2D eigenvalue weighted by molar-refractivity contribution is 8.13. The van der Waals surface area contributed by atoms with Crippen LogP contribution in [0.15, 0.2) is 23.2 Å². The van der Waals surface area contributed by atoms with Crippen LogP contribution in [-0.2, 0) is 5.75 Å². The Labute approximate surface area is 122 Å². The van der Waals surface area contributed by atoms with E-state index < -0.39 is 0 Å². The van der Waals surface area contributed by atoms with Gasteiger partial charge in [-0.1, -0.05) is 41.0 Å². The second kappa shape index (κ2) is 7.37. The summed E-state index contributed by atoms with van der Waals surface area (Å²) in [6.07, 6.45) is 1.12. The fraction of sp³-hybridized carbons (Fsp3) is 0.364. The van der Waals surface area contributed by atoms with E-state index in [4.69, 9.17) is 23.2 Å². The first-order chi connectivity index (χ1) is 7.75. The Hall–Kier alpha value is -0.0900. The molecule has 0 aliphatic carbocycles. The zero-order valence-electron chi connectivity index (χ0n) is 9.08. The van der Waals surface area contributed by atoms with E-state index in [-0.39, 0.29) is 12.4 Å². The van der Waals surface area contributed by atoms with Gasteiger partial charge in [0.05, 0.1) is 0 Å². The summed E-state index contributed by atoms with van der Waals surface area (Å²) < 4.78 is 0. The summed E-state index contributed by atoms with van der Waals surface area (Å²) in [5.74, 6) is 0.821. The average molecular weight is 312 g/mol. The number of thioether (sulfide) groups is 1. The SMILES string of the molecule is Cl.Clc1ccc(CSC2=NCCCN2)c(Cl)c1. The summed E-state index contributed by atoms with van der Waals surface area (Å²) in [5, 5.41) is 5.67. The van der Waals surface area contributed by atoms with Crippen LogP contribution >= 0.6 is 47.4 Å². The Balaban J connectivity index is 0.00000144. The third-order valence-electron chi connectivity index (χ3n) is 2.25. The van der Waals surface area contributed by atoms with Crippen molar-refractivity contribution in [1.29, 1.82) is 0 Å². The van der Waals surface area contributed by atoms with Crippen molar-refractivity contribution in [3.63, 3.8) is 0 Å². The molecule has 1 aromatic carbocycles. The maximum Gasteiger partial charge on any atom is 0.156 e. The van der Waals surface area contributed by atoms with E-state index in [9.17, 15) is 0 Å². The monoisotopic (exact) mass is 310 g/mol. The van der Waals surface area contributed by atoms with E-state index in [2.05, 4.69) is 10.3 Å². The molecular weight excluding hydrogens is 299 g/mol. The first-order valence-corrected chi connectivity index (χ1v) is 6.85. The first kappa shape index (κ1) is 15.0. The van der Waals surface area contributed by atoms with Crippen LogP contribution in [0.1, 0.15) is 12.0 Å². The highest BCUT2D eigenvalue weighted by atomic mass is 35.5. The van der Waals surface area contributed by atoms with Crippen molar-refractivity contribution in [2.24, 2.45) is 4.99 Å². The predicted molar refractivity (Wildman–Crippen MR) is 79.9 cm³/mol. The molecule has 94 valence electrons. The minimum atomic E-state index is 0. The summed E-state index contributed by atoms with van der Waals surface area (Å²) in [4.78, 5) is 4.39. The summed E-state index contributed by atoms with van der Waals surface area (Å²) in [6, 6.07) is 5.59. The fourth-order valence-electron chi connectivity index (χ4n) is 1.39. The van der Waals surface area contributed by atoms with Crippen molar-refractivity contribution in [2.45, 2.75) is 12.2 Å². The van der Waals surface area contributed by atoms with E-state index in [1.54, 1.807) is 17.8 Å². The molecular formula is C11H13Cl3N2S. The number of rotatable bonds is 2. The van der Waals surface area contributed by atoms with Gasteiger partial charge in [-0.05, 0) is 24.1 Å². The molecule has 0 aromatic heterocycles. The number of halogens is 3. The molecule has 1 aromatic rings. The van der Waals surface area contributed by atoms with E-state index in [1.165, 1.54) is 0 Å². The molecule has 0 saturated carbocycles. The maximum atomic E-state index is 6.09. The van der Waals surface area contributed by atoms with E-state index in [0.29, 0.717) is 5.02 Å². The van der Waals surface area contributed by atoms with Crippen LogP contribution in [0.4, 0.5) is 0 Å². The normalized spacial score (nSPS) is 14.6. The lowest BCUT2D eigenvalue weighted by atomic mass is 10.2. The summed E-state index contributed by atoms with van der Waals surface area (Å²) in [6.45, 7) is 1.93. The number of amidine groups is 1. The molecule has 1 aliphatic heterocycles. The largest absolute Gasteiger partial charge is 0.365 e. The first-order valence-electron chi connectivity index (χ1n) is 5.11. The lowest BCUT2D eigenvalue weighted by Gasteiger charge is -2.13. The molecule has 0 saturated heterocycles. The van der Waals surface area contributed by atoms with Crippen molar-refractivity contribution < 1.29 is 0 Å². The average Bonchev–Trinajstić information content (AvgIpc) is 2.29. The molecule has 2 nitrogen and oxygen atoms in total. The van der Waals surface area contributed by atoms with Crippen molar-refractivity contribution in [2.75, 3.05) is 13.1 Å². The number of nitrogens with one attached hydrogen (secondary N) is 1. The molecule has 1 N–H and O–H groups in total. The zero-order valence-corrected chi connectivity index (χ0v) is 12.2. The van der Waals surface area contributed by atoms with Gasteiger partial charge in [-0.2, -0.15) is 0 Å². The van der Waals surface area contributed by atoms with Crippen molar-refractivity contribution in [1.82, 2.24) is 5.32 Å². The molecule has 0 fully saturated rings. The lowest BCUT2D eigenvalue weighted by Crippen LogP contribution is -2.26. The Morgan fingerprint density at radius 3 is 2.82 bits per heavy atom. The molecule has 1 heterocycles. The minimum Gasteiger partial charge on any atom is -0.365 e. The van der Waals surface area contributed by atoms with Crippen LogP contribution in [0, 0.1) is 0 Å². The Kier molecular flexibility index (Phi) is 6.49. The third kappa shape index (κ3) is 4.59. The molecule has 0 atom stereocenters. The molecule has 2 rings (SSSR count). The van der Waals surface area contributed by atoms with Gasteiger partial charge in [-0.3, -0.25) is 4.99 Å². The Morgan fingerprint density at radius 1 is 1.35 bits per heavy atom. The summed E-state index contributed by atoms with van der Waals surface area (Å²) in [5.41, 5.74) is 1.09. The molecule has 6 heteroatoms. The summed E-state index contributed by atoms with van der Waals surface area (Å²) in [7, 11) is 0. The van der Waals surface area contributed by atoms with Gasteiger partial charge in [0.1, 0.15) is 0 Å². The van der Waals surface area contributed by atoms with Gasteiger partial charge in [0.2, 0.25) is 0 Å². The molecule has 17 heavy (non-hydrogen) atoms. The van der Waals surface area contributed by atoms with Gasteiger partial charge < -0.3 is 5.32 Å². The molecule has 0 amide bonds. The van der Waals surface area contributed by atoms with Crippen LogP contribution in [0.3, 0.4) is 0 Å². The van der Waals surface area contributed by atoms with Gasteiger partial charge in [0.25, 0.3) is 0 Å². The third-order valence-corrected chi connectivity index (χ3v) is 3.84. The quantitative estimate of drug-likeness (QED) is 0.893. The van der Waals surface area contributed by atoms with Crippen LogP contribution in [-0.4, -0.2) is 18.3 Å². The molecule has 1 aliphatic rings. The molecule has 0 spiro atoms. The second-order valence-corrected chi connectivity index (χ2v) is 5.30. The van der Waals surface area contributed by atoms with Crippen molar-refractivity contribution >= 4 is 52.5 Å². The highest BCUT2D eigenvalue weighted by Crippen LogP contribution is 2.25. The Morgan fingerprint density at radius 2 is 2.18 bits per heavy atom. The topological polar surface area (TPSA) is 24.4 Å². The van der Waals surface area contributed by atoms with Crippen LogP contribution in [0.25, 0.3) is 0 Å². The van der Waals surface area contributed by atoms with Crippen LogP contribution < -0.4 is 5.32 Å². The molecule has 0 bridgehead atoms. The second-order valence-electron chi connectivity index (χ2n) is 3.49. The van der Waals surface area contributed by atoms with Crippen molar-refractivity contribution in [3.05, 3.63) is 33.8 Å². The standard InChI is InChI=1S/C11H12Cl2N2S.ClH/c12-9-3-2-8(10(13)6-9)7-16-11-14-4-1-5-15-11;/h2-3,6H,1,4-5,7H2,(H,14,15);1H. The van der Waals surface area contributed by atoms with Gasteiger partial charge in [0.15, 0.2) is 5.17 Å². The van der Waals surface area contributed by atoms with E-state index >= 15 is 0 Å². The number of aliphatic imine (C=N–C) groups is 1. The predicted octanol–water partition coefficient (Wildman–Crippen LogP) is 4.00. The smallest absolute Gasteiger partial charge is 0.156 e. The van der Waals surface area contributed by atoms with Gasteiger partial charge in [0, 0.05) is 28.9 Å². The number of benzene rings is 1. The number of nitrogens with zero attached hydrogens (tertiary/aromatic N) is 1. The molecule has 0 radical (unpaired) electrons. The zero-order chi connectivity index (χ0) is 11.4. The number of hydrogen-bond acceptors (Lipinski definition) is 3. The van der Waals surface area contributed by atoms with Crippen LogP contribution in [0.5, 0.6) is 0 Å². The fourth-order valence-corrected chi connectivity index (χ4v) is 2.88. The number of hydrogen-bond donors (Lipinski definition) is 1. The van der Waals surface area contributed by atoms with Crippen molar-refractivity contribution in [3.8, 4) is 0 Å². The van der Waals surface area contributed by atoms with Gasteiger partial charge in [-0.15, -0.1) is 12.4 Å². The molecule has 0 unspecified atom stereocenters. The van der Waals surface area contributed by atoms with E-state index in [1.807, 2.05) is 12.1 Å². The van der Waals surface area contributed by atoms with Crippen LogP contribution in [0.2, 0.25) is 10.0 Å². The maximum absolute atomic E-state index is 6.09. The lowest BCUT2D eigenvalue weighted by molar-refractivity contribution is 0.751. The minimum absolute atomic E-state index is 0. The highest BCUT2D eigenvalue weighted by Gasteiger charge is 2.07. The van der Waals surface area contributed by atoms with Gasteiger partial charge >= 0.3 is 0 Å². The summed E-state index contributed by atoms with van der Waals surface area (Å²) >= 11 is 13.6. The van der Waals surface area contributed by atoms with Gasteiger partial charge in [-0.25, -0.2) is 0 Å².